The minimum atomic E-state index is 0.786. The fraction of sp³-hybridized carbons (Fsp3) is 1.00. The molecule has 0 amide bonds. The molecule has 0 saturated carbocycles. The van der Waals surface area contributed by atoms with Gasteiger partial charge in [-0.05, 0) is 45.8 Å². The molecule has 3 heteroatoms. The maximum Gasteiger partial charge on any atom is 0.00872 e. The smallest absolute Gasteiger partial charge is 0.00872 e. The van der Waals surface area contributed by atoms with Crippen LogP contribution in [0.3, 0.4) is 0 Å². The molecule has 0 aliphatic carbocycles. The number of nitrogens with one attached hydrogen (secondary N) is 1. The lowest BCUT2D eigenvalue weighted by Crippen LogP contribution is -2.33. The maximum atomic E-state index is 3.43. The Morgan fingerprint density at radius 3 is 2.44 bits per heavy atom. The summed E-state index contributed by atoms with van der Waals surface area (Å²) in [7, 11) is 2.28. The van der Waals surface area contributed by atoms with E-state index in [2.05, 4.69) is 42.9 Å². The van der Waals surface area contributed by atoms with Gasteiger partial charge in [0.05, 0.1) is 0 Å². The lowest BCUT2D eigenvalue weighted by molar-refractivity contribution is 0.243. The average molecular weight is 244 g/mol. The first-order valence-corrected chi connectivity index (χ1v) is 7.85. The highest BCUT2D eigenvalue weighted by atomic mass is 32.2. The summed E-state index contributed by atoms with van der Waals surface area (Å²) in [5, 5.41) is 4.34. The Balaban J connectivity index is 2.09. The van der Waals surface area contributed by atoms with E-state index in [0.717, 1.165) is 11.3 Å². The molecule has 0 aromatic rings. The Morgan fingerprint density at radius 1 is 1.25 bits per heavy atom. The standard InChI is InChI=1S/C13H28N2S/c1-4-12(5-2)15(3)10-11-16-13-6-8-14-9-7-13/h12-14H,4-11H2,1-3H3. The first-order valence-electron chi connectivity index (χ1n) is 6.80. The zero-order valence-electron chi connectivity index (χ0n) is 11.2. The molecule has 96 valence electrons. The highest BCUT2D eigenvalue weighted by Crippen LogP contribution is 2.20. The molecule has 0 aromatic carbocycles. The van der Waals surface area contributed by atoms with Crippen molar-refractivity contribution in [2.75, 3.05) is 32.4 Å². The van der Waals surface area contributed by atoms with Crippen molar-refractivity contribution < 1.29 is 0 Å². The van der Waals surface area contributed by atoms with Crippen LogP contribution in [0.5, 0.6) is 0 Å². The summed E-state index contributed by atoms with van der Waals surface area (Å²) >= 11 is 2.18. The Kier molecular flexibility index (Phi) is 7.50. The molecule has 0 aromatic heterocycles. The molecule has 0 unspecified atom stereocenters. The van der Waals surface area contributed by atoms with Gasteiger partial charge in [0.1, 0.15) is 0 Å². The number of hydrogen-bond acceptors (Lipinski definition) is 3. The van der Waals surface area contributed by atoms with Crippen LogP contribution < -0.4 is 5.32 Å². The zero-order valence-corrected chi connectivity index (χ0v) is 12.0. The van der Waals surface area contributed by atoms with Gasteiger partial charge in [-0.25, -0.2) is 0 Å². The molecule has 1 saturated heterocycles. The van der Waals surface area contributed by atoms with Gasteiger partial charge in [-0.3, -0.25) is 0 Å². The van der Waals surface area contributed by atoms with Crippen LogP contribution in [-0.2, 0) is 0 Å². The van der Waals surface area contributed by atoms with E-state index in [1.165, 1.54) is 51.1 Å². The predicted octanol–water partition coefficient (Wildman–Crippen LogP) is 2.59. The third-order valence-corrected chi connectivity index (χ3v) is 5.01. The van der Waals surface area contributed by atoms with Crippen molar-refractivity contribution in [3.63, 3.8) is 0 Å². The molecule has 1 rings (SSSR count). The van der Waals surface area contributed by atoms with Crippen LogP contribution in [-0.4, -0.2) is 48.6 Å². The third kappa shape index (κ3) is 5.07. The van der Waals surface area contributed by atoms with E-state index in [-0.39, 0.29) is 0 Å². The quantitative estimate of drug-likeness (QED) is 0.741. The molecule has 1 fully saturated rings. The summed E-state index contributed by atoms with van der Waals surface area (Å²) in [6.07, 6.45) is 5.29. The molecule has 0 spiro atoms. The van der Waals surface area contributed by atoms with Crippen LogP contribution in [0.1, 0.15) is 39.5 Å². The number of thioether (sulfide) groups is 1. The highest BCUT2D eigenvalue weighted by molar-refractivity contribution is 7.99. The van der Waals surface area contributed by atoms with Gasteiger partial charge < -0.3 is 10.2 Å². The number of rotatable bonds is 7. The van der Waals surface area contributed by atoms with Crippen molar-refractivity contribution in [2.24, 2.45) is 0 Å². The minimum absolute atomic E-state index is 0.786. The highest BCUT2D eigenvalue weighted by Gasteiger charge is 2.14. The largest absolute Gasteiger partial charge is 0.317 e. The number of nitrogens with zero attached hydrogens (tertiary/aromatic N) is 1. The van der Waals surface area contributed by atoms with E-state index in [1.54, 1.807) is 0 Å². The zero-order chi connectivity index (χ0) is 11.8. The van der Waals surface area contributed by atoms with Crippen molar-refractivity contribution in [3.8, 4) is 0 Å². The SMILES string of the molecule is CCC(CC)N(C)CCSC1CCNCC1. The first-order chi connectivity index (χ1) is 7.77. The fourth-order valence-corrected chi connectivity index (χ4v) is 3.72. The van der Waals surface area contributed by atoms with Gasteiger partial charge in [0.2, 0.25) is 0 Å². The van der Waals surface area contributed by atoms with Crippen molar-refractivity contribution >= 4 is 11.8 Å². The fourth-order valence-electron chi connectivity index (χ4n) is 2.42. The van der Waals surface area contributed by atoms with Crippen molar-refractivity contribution in [1.82, 2.24) is 10.2 Å². The molecule has 1 aliphatic rings. The lowest BCUT2D eigenvalue weighted by Gasteiger charge is -2.27. The molecule has 2 nitrogen and oxygen atoms in total. The molecule has 1 N–H and O–H groups in total. The van der Waals surface area contributed by atoms with Gasteiger partial charge >= 0.3 is 0 Å². The van der Waals surface area contributed by atoms with Crippen LogP contribution in [0.2, 0.25) is 0 Å². The van der Waals surface area contributed by atoms with E-state index in [0.29, 0.717) is 0 Å². The van der Waals surface area contributed by atoms with Gasteiger partial charge in [0, 0.05) is 23.6 Å². The Hall–Kier alpha value is 0.270. The summed E-state index contributed by atoms with van der Waals surface area (Å²) < 4.78 is 0. The molecule has 0 radical (unpaired) electrons. The summed E-state index contributed by atoms with van der Waals surface area (Å²) in [5.74, 6) is 1.30. The summed E-state index contributed by atoms with van der Waals surface area (Å²) in [6.45, 7) is 8.29. The van der Waals surface area contributed by atoms with Crippen LogP contribution >= 0.6 is 11.8 Å². The number of hydrogen-bond donors (Lipinski definition) is 1. The topological polar surface area (TPSA) is 15.3 Å². The summed E-state index contributed by atoms with van der Waals surface area (Å²) in [5.41, 5.74) is 0. The Morgan fingerprint density at radius 2 is 1.88 bits per heavy atom. The average Bonchev–Trinajstić information content (AvgIpc) is 2.32. The third-order valence-electron chi connectivity index (χ3n) is 3.65. The Bertz CT molecular complexity index is 165. The predicted molar refractivity (Wildman–Crippen MR) is 75.3 cm³/mol. The van der Waals surface area contributed by atoms with Crippen LogP contribution in [0.25, 0.3) is 0 Å². The van der Waals surface area contributed by atoms with Gasteiger partial charge in [-0.15, -0.1) is 0 Å². The molecule has 16 heavy (non-hydrogen) atoms. The molecular formula is C13H28N2S. The molecule has 0 atom stereocenters. The molecule has 0 bridgehead atoms. The Labute approximate surface area is 106 Å². The van der Waals surface area contributed by atoms with E-state index in [1.807, 2.05) is 0 Å². The van der Waals surface area contributed by atoms with Gasteiger partial charge in [-0.2, -0.15) is 11.8 Å². The second kappa shape index (κ2) is 8.37. The molecule has 1 heterocycles. The van der Waals surface area contributed by atoms with Crippen molar-refractivity contribution in [3.05, 3.63) is 0 Å². The van der Waals surface area contributed by atoms with Gasteiger partial charge in [-0.1, -0.05) is 13.8 Å². The minimum Gasteiger partial charge on any atom is -0.317 e. The van der Waals surface area contributed by atoms with Crippen LogP contribution in [0.4, 0.5) is 0 Å². The monoisotopic (exact) mass is 244 g/mol. The molecule has 1 aliphatic heterocycles. The first kappa shape index (κ1) is 14.3. The summed E-state index contributed by atoms with van der Waals surface area (Å²) in [6, 6.07) is 0.786. The summed E-state index contributed by atoms with van der Waals surface area (Å²) in [4.78, 5) is 2.54. The van der Waals surface area contributed by atoms with Crippen LogP contribution in [0, 0.1) is 0 Å². The lowest BCUT2D eigenvalue weighted by atomic mass is 10.1. The second-order valence-corrected chi connectivity index (χ2v) is 6.18. The maximum absolute atomic E-state index is 3.43. The number of piperidine rings is 1. The van der Waals surface area contributed by atoms with E-state index >= 15 is 0 Å². The normalized spacial score (nSPS) is 18.6. The molecular weight excluding hydrogens is 216 g/mol. The van der Waals surface area contributed by atoms with Gasteiger partial charge in [0.25, 0.3) is 0 Å². The van der Waals surface area contributed by atoms with Crippen LogP contribution in [0.15, 0.2) is 0 Å². The second-order valence-electron chi connectivity index (χ2n) is 4.77. The van der Waals surface area contributed by atoms with E-state index < -0.39 is 0 Å². The van der Waals surface area contributed by atoms with Gasteiger partial charge in [0.15, 0.2) is 0 Å². The van der Waals surface area contributed by atoms with E-state index in [9.17, 15) is 0 Å². The van der Waals surface area contributed by atoms with E-state index in [4.69, 9.17) is 0 Å². The van der Waals surface area contributed by atoms with Crippen molar-refractivity contribution in [2.45, 2.75) is 50.8 Å². The van der Waals surface area contributed by atoms with Crippen molar-refractivity contribution in [1.29, 1.82) is 0 Å².